The Labute approximate surface area is 99.7 Å². The molecule has 1 heterocycles. The molecule has 0 amide bonds. The molecule has 0 saturated heterocycles. The van der Waals surface area contributed by atoms with Crippen LogP contribution >= 0.6 is 11.5 Å². The van der Waals surface area contributed by atoms with Gasteiger partial charge in [0.25, 0.3) is 0 Å². The van der Waals surface area contributed by atoms with Gasteiger partial charge in [0.15, 0.2) is 0 Å². The number of nitrogens with zero attached hydrogens (tertiary/aromatic N) is 2. The molecule has 1 N–H and O–H groups in total. The second kappa shape index (κ2) is 4.72. The third-order valence-electron chi connectivity index (χ3n) is 2.92. The summed E-state index contributed by atoms with van der Waals surface area (Å²) in [5, 5.41) is 9.42. The Morgan fingerprint density at radius 1 is 1.31 bits per heavy atom. The molecule has 1 atom stereocenters. The first-order valence-electron chi connectivity index (χ1n) is 5.24. The molecule has 3 nitrogen and oxygen atoms in total. The van der Waals surface area contributed by atoms with Crippen LogP contribution in [0.4, 0.5) is 0 Å². The van der Waals surface area contributed by atoms with Crippen molar-refractivity contribution in [2.24, 2.45) is 0 Å². The highest BCUT2D eigenvalue weighted by molar-refractivity contribution is 7.03. The van der Waals surface area contributed by atoms with Crippen LogP contribution in [-0.4, -0.2) is 16.6 Å². The van der Waals surface area contributed by atoms with Crippen molar-refractivity contribution < 1.29 is 0 Å². The van der Waals surface area contributed by atoms with Crippen LogP contribution in [0.25, 0.3) is 0 Å². The van der Waals surface area contributed by atoms with Crippen LogP contribution in [0.1, 0.15) is 28.4 Å². The zero-order valence-corrected chi connectivity index (χ0v) is 10.5. The molecule has 0 radical (unpaired) electrons. The molecule has 4 heteroatoms. The maximum Gasteiger partial charge on any atom is 0.0970 e. The predicted octanol–water partition coefficient (Wildman–Crippen LogP) is 2.46. The number of aromatic nitrogens is 2. The van der Waals surface area contributed by atoms with Crippen molar-refractivity contribution in [1.29, 1.82) is 0 Å². The molecule has 0 aliphatic carbocycles. The highest BCUT2D eigenvalue weighted by atomic mass is 32.1. The van der Waals surface area contributed by atoms with Gasteiger partial charge in [0.2, 0.25) is 0 Å². The van der Waals surface area contributed by atoms with E-state index >= 15 is 0 Å². The molecule has 2 rings (SSSR count). The molecule has 2 aromatic rings. The zero-order chi connectivity index (χ0) is 11.5. The summed E-state index contributed by atoms with van der Waals surface area (Å²) in [5.74, 6) is 0. The Morgan fingerprint density at radius 2 is 2.12 bits per heavy atom. The molecule has 0 aliphatic rings. The first kappa shape index (κ1) is 11.2. The predicted molar refractivity (Wildman–Crippen MR) is 66.7 cm³/mol. The number of aryl methyl sites for hydroxylation is 1. The minimum absolute atomic E-state index is 0.138. The molecule has 0 spiro atoms. The van der Waals surface area contributed by atoms with E-state index in [4.69, 9.17) is 0 Å². The summed E-state index contributed by atoms with van der Waals surface area (Å²) in [6.07, 6.45) is 0. The fraction of sp³-hybridized carbons (Fsp3) is 0.333. The number of hydrogen-bond donors (Lipinski definition) is 1. The topological polar surface area (TPSA) is 37.8 Å². The van der Waals surface area contributed by atoms with Crippen molar-refractivity contribution >= 4 is 11.5 Å². The van der Waals surface area contributed by atoms with E-state index in [0.29, 0.717) is 0 Å². The van der Waals surface area contributed by atoms with E-state index in [1.807, 2.05) is 12.4 Å². The second-order valence-corrected chi connectivity index (χ2v) is 4.45. The minimum Gasteiger partial charge on any atom is -0.308 e. The largest absolute Gasteiger partial charge is 0.308 e. The first-order chi connectivity index (χ1) is 7.74. The highest BCUT2D eigenvalue weighted by Gasteiger charge is 2.16. The third-order valence-corrected chi connectivity index (χ3v) is 3.44. The van der Waals surface area contributed by atoms with E-state index < -0.39 is 0 Å². The van der Waals surface area contributed by atoms with Gasteiger partial charge in [-0.3, -0.25) is 0 Å². The van der Waals surface area contributed by atoms with Crippen molar-refractivity contribution in [2.75, 3.05) is 7.05 Å². The lowest BCUT2D eigenvalue weighted by Crippen LogP contribution is -2.19. The number of hydrogen-bond acceptors (Lipinski definition) is 4. The monoisotopic (exact) mass is 233 g/mol. The fourth-order valence-electron chi connectivity index (χ4n) is 1.85. The Balaban J connectivity index is 2.45. The summed E-state index contributed by atoms with van der Waals surface area (Å²) >= 11 is 1.39. The lowest BCUT2D eigenvalue weighted by Gasteiger charge is -2.17. The number of nitrogens with one attached hydrogen (secondary N) is 1. The van der Waals surface area contributed by atoms with Gasteiger partial charge in [-0.2, -0.15) is 0 Å². The van der Waals surface area contributed by atoms with Gasteiger partial charge in [-0.05, 0) is 49.1 Å². The molecule has 0 saturated carbocycles. The lowest BCUT2D eigenvalue weighted by molar-refractivity contribution is 0.663. The SMILES string of the molecule is CNC(c1csnn1)c1cccc(C)c1C. The highest BCUT2D eigenvalue weighted by Crippen LogP contribution is 2.25. The van der Waals surface area contributed by atoms with Crippen molar-refractivity contribution in [3.05, 3.63) is 46.0 Å². The van der Waals surface area contributed by atoms with E-state index in [2.05, 4.69) is 47.0 Å². The van der Waals surface area contributed by atoms with Crippen molar-refractivity contribution in [1.82, 2.24) is 14.9 Å². The van der Waals surface area contributed by atoms with Gasteiger partial charge >= 0.3 is 0 Å². The Hall–Kier alpha value is -1.26. The molecule has 1 aromatic heterocycles. The summed E-state index contributed by atoms with van der Waals surface area (Å²) in [7, 11) is 1.95. The third kappa shape index (κ3) is 1.99. The van der Waals surface area contributed by atoms with Gasteiger partial charge in [0.05, 0.1) is 11.7 Å². The van der Waals surface area contributed by atoms with E-state index in [-0.39, 0.29) is 6.04 Å². The molecule has 1 unspecified atom stereocenters. The summed E-state index contributed by atoms with van der Waals surface area (Å²) < 4.78 is 3.92. The Morgan fingerprint density at radius 3 is 2.75 bits per heavy atom. The molecular formula is C12H15N3S. The number of benzene rings is 1. The average molecular weight is 233 g/mol. The Kier molecular flexibility index (Phi) is 3.31. The summed E-state index contributed by atoms with van der Waals surface area (Å²) in [5.41, 5.74) is 4.88. The minimum atomic E-state index is 0.138. The van der Waals surface area contributed by atoms with E-state index in [0.717, 1.165) is 5.69 Å². The normalized spacial score (nSPS) is 12.7. The van der Waals surface area contributed by atoms with Crippen molar-refractivity contribution in [3.8, 4) is 0 Å². The molecule has 0 aliphatic heterocycles. The van der Waals surface area contributed by atoms with Crippen LogP contribution in [0.5, 0.6) is 0 Å². The van der Waals surface area contributed by atoms with Crippen LogP contribution in [0.3, 0.4) is 0 Å². The molecule has 1 aromatic carbocycles. The van der Waals surface area contributed by atoms with Crippen molar-refractivity contribution in [3.63, 3.8) is 0 Å². The number of rotatable bonds is 3. The van der Waals surface area contributed by atoms with Gasteiger partial charge < -0.3 is 5.32 Å². The summed E-state index contributed by atoms with van der Waals surface area (Å²) in [6.45, 7) is 4.28. The van der Waals surface area contributed by atoms with Gasteiger partial charge in [-0.1, -0.05) is 22.7 Å². The van der Waals surface area contributed by atoms with Crippen LogP contribution < -0.4 is 5.32 Å². The molecular weight excluding hydrogens is 218 g/mol. The van der Waals surface area contributed by atoms with E-state index in [1.165, 1.54) is 28.2 Å². The second-order valence-electron chi connectivity index (χ2n) is 3.84. The Bertz CT molecular complexity index is 465. The maximum atomic E-state index is 4.14. The summed E-state index contributed by atoms with van der Waals surface area (Å²) in [6, 6.07) is 6.49. The van der Waals surface area contributed by atoms with E-state index in [9.17, 15) is 0 Å². The maximum absolute atomic E-state index is 4.14. The lowest BCUT2D eigenvalue weighted by atomic mass is 9.96. The van der Waals surface area contributed by atoms with Gasteiger partial charge in [0.1, 0.15) is 0 Å². The molecule has 84 valence electrons. The van der Waals surface area contributed by atoms with E-state index in [1.54, 1.807) is 0 Å². The molecule has 0 bridgehead atoms. The van der Waals surface area contributed by atoms with Crippen LogP contribution in [0.2, 0.25) is 0 Å². The molecule has 16 heavy (non-hydrogen) atoms. The smallest absolute Gasteiger partial charge is 0.0970 e. The van der Waals surface area contributed by atoms with Crippen molar-refractivity contribution in [2.45, 2.75) is 19.9 Å². The van der Waals surface area contributed by atoms with Crippen LogP contribution in [0.15, 0.2) is 23.6 Å². The van der Waals surface area contributed by atoms with Crippen LogP contribution in [0, 0.1) is 13.8 Å². The summed E-state index contributed by atoms with van der Waals surface area (Å²) in [4.78, 5) is 0. The van der Waals surface area contributed by atoms with Gasteiger partial charge in [-0.15, -0.1) is 5.10 Å². The first-order valence-corrected chi connectivity index (χ1v) is 6.08. The van der Waals surface area contributed by atoms with Gasteiger partial charge in [-0.25, -0.2) is 0 Å². The average Bonchev–Trinajstić information content (AvgIpc) is 2.79. The van der Waals surface area contributed by atoms with Gasteiger partial charge in [0, 0.05) is 5.38 Å². The zero-order valence-electron chi connectivity index (χ0n) is 9.69. The standard InChI is InChI=1S/C12H15N3S/c1-8-5-4-6-10(9(8)2)12(13-3)11-7-16-15-14-11/h4-7,12-13H,1-3H3. The fourth-order valence-corrected chi connectivity index (χ4v) is 2.33. The molecule has 0 fully saturated rings. The van der Waals surface area contributed by atoms with Crippen LogP contribution in [-0.2, 0) is 0 Å². The quantitative estimate of drug-likeness (QED) is 0.885.